The molecule has 0 aliphatic carbocycles. The molecule has 0 amide bonds. The Morgan fingerprint density at radius 1 is 1.35 bits per heavy atom. The molecule has 0 saturated carbocycles. The molecule has 0 saturated heterocycles. The quantitative estimate of drug-likeness (QED) is 0.851. The van der Waals surface area contributed by atoms with Gasteiger partial charge in [-0.1, -0.05) is 29.8 Å². The summed E-state index contributed by atoms with van der Waals surface area (Å²) in [5.41, 5.74) is 3.80. The SMILES string of the molecule is CNCc1cn(CCc2cccc(C)c2)cn1. The standard InChI is InChI=1S/C14H19N3/c1-12-4-3-5-13(8-12)6-7-17-10-14(9-15-2)16-11-17/h3-5,8,10-11,15H,6-7,9H2,1-2H3. The van der Waals surface area contributed by atoms with Crippen molar-refractivity contribution in [2.45, 2.75) is 26.4 Å². The number of benzene rings is 1. The summed E-state index contributed by atoms with van der Waals surface area (Å²) in [5, 5.41) is 3.10. The van der Waals surface area contributed by atoms with Crippen LogP contribution in [0.3, 0.4) is 0 Å². The van der Waals surface area contributed by atoms with Gasteiger partial charge in [-0.15, -0.1) is 0 Å². The maximum absolute atomic E-state index is 4.34. The fraction of sp³-hybridized carbons (Fsp3) is 0.357. The Morgan fingerprint density at radius 3 is 3.00 bits per heavy atom. The minimum atomic E-state index is 0.831. The third-order valence-electron chi connectivity index (χ3n) is 2.79. The molecule has 3 nitrogen and oxygen atoms in total. The molecule has 0 bridgehead atoms. The molecular formula is C14H19N3. The van der Waals surface area contributed by atoms with Gasteiger partial charge in [-0.3, -0.25) is 0 Å². The van der Waals surface area contributed by atoms with Crippen molar-refractivity contribution in [3.63, 3.8) is 0 Å². The van der Waals surface area contributed by atoms with Crippen molar-refractivity contribution in [3.8, 4) is 0 Å². The Hall–Kier alpha value is -1.61. The molecule has 1 heterocycles. The van der Waals surface area contributed by atoms with Crippen LogP contribution in [0.25, 0.3) is 0 Å². The molecule has 3 heteroatoms. The van der Waals surface area contributed by atoms with Crippen LogP contribution in [-0.2, 0) is 19.5 Å². The van der Waals surface area contributed by atoms with Gasteiger partial charge in [0.15, 0.2) is 0 Å². The van der Waals surface area contributed by atoms with Crippen molar-refractivity contribution in [1.29, 1.82) is 0 Å². The average Bonchev–Trinajstić information content (AvgIpc) is 2.75. The Morgan fingerprint density at radius 2 is 2.24 bits per heavy atom. The zero-order valence-electron chi connectivity index (χ0n) is 10.5. The summed E-state index contributed by atoms with van der Waals surface area (Å²) < 4.78 is 2.15. The molecule has 2 aromatic rings. The third kappa shape index (κ3) is 3.43. The first-order valence-corrected chi connectivity index (χ1v) is 5.99. The van der Waals surface area contributed by atoms with Crippen LogP contribution in [0.1, 0.15) is 16.8 Å². The number of hydrogen-bond donors (Lipinski definition) is 1. The summed E-state index contributed by atoms with van der Waals surface area (Å²) in [6, 6.07) is 8.67. The van der Waals surface area contributed by atoms with E-state index in [1.807, 2.05) is 13.4 Å². The molecule has 90 valence electrons. The number of nitrogens with zero attached hydrogens (tertiary/aromatic N) is 2. The van der Waals surface area contributed by atoms with Crippen molar-refractivity contribution in [2.24, 2.45) is 0 Å². The van der Waals surface area contributed by atoms with E-state index in [1.165, 1.54) is 11.1 Å². The smallest absolute Gasteiger partial charge is 0.0950 e. The molecule has 17 heavy (non-hydrogen) atoms. The van der Waals surface area contributed by atoms with Crippen molar-refractivity contribution in [3.05, 3.63) is 53.6 Å². The molecule has 0 unspecified atom stereocenters. The molecule has 0 radical (unpaired) electrons. The van der Waals surface area contributed by atoms with E-state index in [0.717, 1.165) is 25.2 Å². The van der Waals surface area contributed by atoms with Gasteiger partial charge in [0.2, 0.25) is 0 Å². The van der Waals surface area contributed by atoms with Gasteiger partial charge >= 0.3 is 0 Å². The summed E-state index contributed by atoms with van der Waals surface area (Å²) in [5.74, 6) is 0. The predicted molar refractivity (Wildman–Crippen MR) is 69.9 cm³/mol. The van der Waals surface area contributed by atoms with E-state index in [1.54, 1.807) is 0 Å². The lowest BCUT2D eigenvalue weighted by Gasteiger charge is -2.03. The Kier molecular flexibility index (Phi) is 3.94. The second-order valence-electron chi connectivity index (χ2n) is 4.37. The van der Waals surface area contributed by atoms with Crippen LogP contribution in [0.4, 0.5) is 0 Å². The molecule has 0 aliphatic rings. The number of nitrogens with one attached hydrogen (secondary N) is 1. The molecule has 0 aliphatic heterocycles. The number of imidazole rings is 1. The highest BCUT2D eigenvalue weighted by atomic mass is 15.0. The van der Waals surface area contributed by atoms with Gasteiger partial charge in [0.05, 0.1) is 12.0 Å². The minimum absolute atomic E-state index is 0.831. The predicted octanol–water partition coefficient (Wildman–Crippen LogP) is 2.15. The highest BCUT2D eigenvalue weighted by Crippen LogP contribution is 2.06. The summed E-state index contributed by atoms with van der Waals surface area (Å²) in [6.07, 6.45) is 5.06. The molecular weight excluding hydrogens is 210 g/mol. The lowest BCUT2D eigenvalue weighted by molar-refractivity contribution is 0.693. The van der Waals surface area contributed by atoms with E-state index in [2.05, 4.69) is 52.3 Å². The first kappa shape index (κ1) is 11.9. The van der Waals surface area contributed by atoms with Crippen molar-refractivity contribution in [2.75, 3.05) is 7.05 Å². The maximum atomic E-state index is 4.34. The topological polar surface area (TPSA) is 29.9 Å². The van der Waals surface area contributed by atoms with E-state index in [0.29, 0.717) is 0 Å². The van der Waals surface area contributed by atoms with Crippen LogP contribution in [0.5, 0.6) is 0 Å². The summed E-state index contributed by atoms with van der Waals surface area (Å²) in [7, 11) is 1.94. The second-order valence-corrected chi connectivity index (χ2v) is 4.37. The summed E-state index contributed by atoms with van der Waals surface area (Å²) >= 11 is 0. The van der Waals surface area contributed by atoms with Crippen LogP contribution < -0.4 is 5.32 Å². The van der Waals surface area contributed by atoms with Gasteiger partial charge in [0, 0.05) is 19.3 Å². The first-order valence-electron chi connectivity index (χ1n) is 5.99. The van der Waals surface area contributed by atoms with Crippen LogP contribution in [0, 0.1) is 6.92 Å². The number of aryl methyl sites for hydroxylation is 3. The summed E-state index contributed by atoms with van der Waals surface area (Å²) in [4.78, 5) is 4.34. The summed E-state index contributed by atoms with van der Waals surface area (Å²) in [6.45, 7) is 3.95. The van der Waals surface area contributed by atoms with Crippen molar-refractivity contribution < 1.29 is 0 Å². The molecule has 0 atom stereocenters. The molecule has 0 spiro atoms. The van der Waals surface area contributed by atoms with Crippen LogP contribution >= 0.6 is 0 Å². The van der Waals surface area contributed by atoms with Gasteiger partial charge in [-0.25, -0.2) is 4.98 Å². The van der Waals surface area contributed by atoms with Gasteiger partial charge in [0.1, 0.15) is 0 Å². The lowest BCUT2D eigenvalue weighted by Crippen LogP contribution is -2.05. The average molecular weight is 229 g/mol. The zero-order chi connectivity index (χ0) is 12.1. The third-order valence-corrected chi connectivity index (χ3v) is 2.79. The Bertz CT molecular complexity index is 474. The lowest BCUT2D eigenvalue weighted by atomic mass is 10.1. The van der Waals surface area contributed by atoms with E-state index in [4.69, 9.17) is 0 Å². The zero-order valence-corrected chi connectivity index (χ0v) is 10.5. The Labute approximate surface area is 103 Å². The molecule has 1 aromatic heterocycles. The highest BCUT2D eigenvalue weighted by molar-refractivity contribution is 5.22. The molecule has 0 fully saturated rings. The fourth-order valence-corrected chi connectivity index (χ4v) is 1.93. The highest BCUT2D eigenvalue weighted by Gasteiger charge is 1.98. The van der Waals surface area contributed by atoms with E-state index >= 15 is 0 Å². The maximum Gasteiger partial charge on any atom is 0.0950 e. The number of aromatic nitrogens is 2. The molecule has 1 aromatic carbocycles. The number of rotatable bonds is 5. The van der Waals surface area contributed by atoms with E-state index in [9.17, 15) is 0 Å². The van der Waals surface area contributed by atoms with Gasteiger partial charge in [-0.2, -0.15) is 0 Å². The van der Waals surface area contributed by atoms with Crippen LogP contribution in [-0.4, -0.2) is 16.6 Å². The molecule has 1 N–H and O–H groups in total. The van der Waals surface area contributed by atoms with Crippen LogP contribution in [0.2, 0.25) is 0 Å². The van der Waals surface area contributed by atoms with Crippen LogP contribution in [0.15, 0.2) is 36.8 Å². The second kappa shape index (κ2) is 5.64. The van der Waals surface area contributed by atoms with Crippen molar-refractivity contribution in [1.82, 2.24) is 14.9 Å². The van der Waals surface area contributed by atoms with Crippen molar-refractivity contribution >= 4 is 0 Å². The van der Waals surface area contributed by atoms with Gasteiger partial charge in [-0.05, 0) is 26.0 Å². The number of hydrogen-bond acceptors (Lipinski definition) is 2. The largest absolute Gasteiger partial charge is 0.337 e. The Balaban J connectivity index is 1.93. The minimum Gasteiger partial charge on any atom is -0.337 e. The fourth-order valence-electron chi connectivity index (χ4n) is 1.93. The van der Waals surface area contributed by atoms with E-state index in [-0.39, 0.29) is 0 Å². The normalized spacial score (nSPS) is 10.7. The van der Waals surface area contributed by atoms with E-state index < -0.39 is 0 Å². The van der Waals surface area contributed by atoms with Gasteiger partial charge in [0.25, 0.3) is 0 Å². The van der Waals surface area contributed by atoms with Gasteiger partial charge < -0.3 is 9.88 Å². The monoisotopic (exact) mass is 229 g/mol. The first-order chi connectivity index (χ1) is 8.28. The molecule has 2 rings (SSSR count).